The van der Waals surface area contributed by atoms with E-state index in [0.717, 1.165) is 32.5 Å². The van der Waals surface area contributed by atoms with E-state index in [1.54, 1.807) is 12.1 Å². The number of amides is 1. The molecule has 1 aliphatic rings. The molecule has 0 bridgehead atoms. The number of hydrogen-bond donors (Lipinski definition) is 1. The number of nitrogens with one attached hydrogen (secondary N) is 1. The summed E-state index contributed by atoms with van der Waals surface area (Å²) in [5.74, 6) is 0.721. The van der Waals surface area contributed by atoms with Crippen LogP contribution in [0, 0.1) is 22.0 Å². The summed E-state index contributed by atoms with van der Waals surface area (Å²) >= 11 is 0. The minimum atomic E-state index is -0.383. The zero-order valence-electron chi connectivity index (χ0n) is 17.1. The highest BCUT2D eigenvalue weighted by Crippen LogP contribution is 2.33. The number of nitro benzene ring substituents is 1. The van der Waals surface area contributed by atoms with Crippen LogP contribution in [0.5, 0.6) is 0 Å². The number of hydrogen-bond acceptors (Lipinski definition) is 5. The molecule has 1 amide bonds. The molecule has 0 saturated carbocycles. The predicted octanol–water partition coefficient (Wildman–Crippen LogP) is 3.15. The lowest BCUT2D eigenvalue weighted by atomic mass is 9.91. The summed E-state index contributed by atoms with van der Waals surface area (Å²) in [6.07, 6.45) is 1.96. The van der Waals surface area contributed by atoms with Crippen LogP contribution in [0.4, 0.5) is 11.4 Å². The molecule has 3 unspecified atom stereocenters. The van der Waals surface area contributed by atoms with Crippen LogP contribution < -0.4 is 10.2 Å². The second kappa shape index (κ2) is 9.17. The van der Waals surface area contributed by atoms with Crippen molar-refractivity contribution in [2.45, 2.75) is 39.7 Å². The van der Waals surface area contributed by atoms with Gasteiger partial charge in [0.2, 0.25) is 0 Å². The maximum absolute atomic E-state index is 12.5. The van der Waals surface area contributed by atoms with Crippen LogP contribution in [-0.2, 0) is 0 Å². The molecular weight excluding hydrogens is 344 g/mol. The Morgan fingerprint density at radius 2 is 1.96 bits per heavy atom. The molecule has 1 aliphatic heterocycles. The first-order valence-electron chi connectivity index (χ1n) is 9.66. The van der Waals surface area contributed by atoms with Crippen molar-refractivity contribution in [2.24, 2.45) is 11.8 Å². The topological polar surface area (TPSA) is 78.7 Å². The molecule has 1 N–H and O–H groups in total. The van der Waals surface area contributed by atoms with Crippen molar-refractivity contribution in [3.8, 4) is 0 Å². The van der Waals surface area contributed by atoms with Gasteiger partial charge < -0.3 is 15.1 Å². The molecule has 7 nitrogen and oxygen atoms in total. The average Bonchev–Trinajstić information content (AvgIpc) is 2.58. The molecule has 0 spiro atoms. The zero-order valence-corrected chi connectivity index (χ0v) is 17.1. The normalized spacial score (nSPS) is 21.2. The van der Waals surface area contributed by atoms with Gasteiger partial charge in [-0.25, -0.2) is 0 Å². The van der Waals surface area contributed by atoms with Gasteiger partial charge in [0.15, 0.2) is 0 Å². The molecule has 27 heavy (non-hydrogen) atoms. The number of nitrogens with zero attached hydrogens (tertiary/aromatic N) is 3. The van der Waals surface area contributed by atoms with E-state index in [9.17, 15) is 14.9 Å². The van der Waals surface area contributed by atoms with Crippen molar-refractivity contribution in [1.29, 1.82) is 0 Å². The second-order valence-corrected chi connectivity index (χ2v) is 8.28. The van der Waals surface area contributed by atoms with Crippen LogP contribution in [-0.4, -0.2) is 55.5 Å². The lowest BCUT2D eigenvalue weighted by Crippen LogP contribution is -2.39. The Morgan fingerprint density at radius 3 is 2.52 bits per heavy atom. The smallest absolute Gasteiger partial charge is 0.293 e. The molecule has 7 heteroatoms. The molecule has 0 aliphatic carbocycles. The largest absolute Gasteiger partial charge is 0.365 e. The van der Waals surface area contributed by atoms with Crippen molar-refractivity contribution in [1.82, 2.24) is 10.2 Å². The number of carbonyl (C=O) groups excluding carboxylic acids is 1. The second-order valence-electron chi connectivity index (χ2n) is 8.28. The van der Waals surface area contributed by atoms with Crippen LogP contribution >= 0.6 is 0 Å². The van der Waals surface area contributed by atoms with Crippen molar-refractivity contribution in [2.75, 3.05) is 38.6 Å². The summed E-state index contributed by atoms with van der Waals surface area (Å²) in [5.41, 5.74) is 0.945. The monoisotopic (exact) mass is 376 g/mol. The van der Waals surface area contributed by atoms with E-state index in [1.807, 2.05) is 21.0 Å². The fourth-order valence-corrected chi connectivity index (χ4v) is 3.77. The van der Waals surface area contributed by atoms with E-state index in [0.29, 0.717) is 23.1 Å². The van der Waals surface area contributed by atoms with Crippen LogP contribution in [0.15, 0.2) is 18.2 Å². The van der Waals surface area contributed by atoms with Gasteiger partial charge in [-0.05, 0) is 64.4 Å². The third-order valence-corrected chi connectivity index (χ3v) is 5.03. The van der Waals surface area contributed by atoms with Crippen LogP contribution in [0.3, 0.4) is 0 Å². The van der Waals surface area contributed by atoms with Crippen molar-refractivity contribution < 1.29 is 9.72 Å². The Morgan fingerprint density at radius 1 is 1.33 bits per heavy atom. The third-order valence-electron chi connectivity index (χ3n) is 5.03. The third kappa shape index (κ3) is 5.92. The number of benzene rings is 1. The Labute approximate surface area is 161 Å². The number of rotatable bonds is 7. The molecule has 150 valence electrons. The summed E-state index contributed by atoms with van der Waals surface area (Å²) in [7, 11) is 3.97. The van der Waals surface area contributed by atoms with Crippen LogP contribution in [0.1, 0.15) is 44.0 Å². The lowest BCUT2D eigenvalue weighted by molar-refractivity contribution is -0.384. The highest BCUT2D eigenvalue weighted by Gasteiger charge is 2.28. The Kier molecular flexibility index (Phi) is 7.18. The molecule has 0 radical (unpaired) electrons. The van der Waals surface area contributed by atoms with Gasteiger partial charge in [-0.3, -0.25) is 14.9 Å². The molecule has 1 saturated heterocycles. The summed E-state index contributed by atoms with van der Waals surface area (Å²) in [5, 5.41) is 14.6. The van der Waals surface area contributed by atoms with Gasteiger partial charge in [-0.2, -0.15) is 0 Å². The van der Waals surface area contributed by atoms with E-state index < -0.39 is 0 Å². The van der Waals surface area contributed by atoms with Gasteiger partial charge in [0.1, 0.15) is 5.69 Å². The molecule has 1 aromatic carbocycles. The average molecular weight is 377 g/mol. The van der Waals surface area contributed by atoms with Crippen LogP contribution in [0.2, 0.25) is 0 Å². The highest BCUT2D eigenvalue weighted by atomic mass is 16.6. The molecule has 1 fully saturated rings. The number of carbonyl (C=O) groups is 1. The lowest BCUT2D eigenvalue weighted by Gasteiger charge is -2.36. The van der Waals surface area contributed by atoms with Crippen molar-refractivity contribution in [3.05, 3.63) is 33.9 Å². The van der Waals surface area contributed by atoms with Crippen molar-refractivity contribution in [3.63, 3.8) is 0 Å². The standard InChI is InChI=1S/C20H32N4O3/c1-14-10-15(2)13-23(12-14)18-7-6-17(11-19(18)24(26)27)20(25)21-16(3)8-9-22(4)5/h6-7,11,14-16H,8-10,12-13H2,1-5H3,(H,21,25). The van der Waals surface area contributed by atoms with E-state index in [1.165, 1.54) is 6.07 Å². The maximum Gasteiger partial charge on any atom is 0.293 e. The molecule has 3 atom stereocenters. The predicted molar refractivity (Wildman–Crippen MR) is 108 cm³/mol. The minimum absolute atomic E-state index is 0.00225. The Hall–Kier alpha value is -2.15. The van der Waals surface area contributed by atoms with E-state index in [2.05, 4.69) is 29.0 Å². The summed E-state index contributed by atoms with van der Waals surface area (Å²) in [6, 6.07) is 4.83. The maximum atomic E-state index is 12.5. The highest BCUT2D eigenvalue weighted by molar-refractivity contribution is 5.96. The zero-order chi connectivity index (χ0) is 20.1. The fraction of sp³-hybridized carbons (Fsp3) is 0.650. The summed E-state index contributed by atoms with van der Waals surface area (Å²) in [6.45, 7) is 8.76. The van der Waals surface area contributed by atoms with Gasteiger partial charge in [0.25, 0.3) is 11.6 Å². The first-order valence-corrected chi connectivity index (χ1v) is 9.66. The minimum Gasteiger partial charge on any atom is -0.365 e. The Bertz CT molecular complexity index is 667. The quantitative estimate of drug-likeness (QED) is 0.584. The molecular formula is C20H32N4O3. The number of anilines is 1. The molecule has 1 heterocycles. The van der Waals surface area contributed by atoms with Gasteiger partial charge in [-0.15, -0.1) is 0 Å². The number of nitro groups is 1. The first-order chi connectivity index (χ1) is 12.7. The van der Waals surface area contributed by atoms with Gasteiger partial charge in [-0.1, -0.05) is 13.8 Å². The van der Waals surface area contributed by atoms with Gasteiger partial charge in [0.05, 0.1) is 4.92 Å². The SMILES string of the molecule is CC1CC(C)CN(c2ccc(C(=O)NC(C)CCN(C)C)cc2[N+](=O)[O-])C1. The van der Waals surface area contributed by atoms with E-state index in [-0.39, 0.29) is 22.6 Å². The molecule has 0 aromatic heterocycles. The molecule has 2 rings (SSSR count). The summed E-state index contributed by atoms with van der Waals surface area (Å²) in [4.78, 5) is 27.9. The van der Waals surface area contributed by atoms with Crippen LogP contribution in [0.25, 0.3) is 0 Å². The number of piperidine rings is 1. The van der Waals surface area contributed by atoms with Gasteiger partial charge in [0, 0.05) is 30.8 Å². The fourth-order valence-electron chi connectivity index (χ4n) is 3.77. The summed E-state index contributed by atoms with van der Waals surface area (Å²) < 4.78 is 0. The Balaban J connectivity index is 2.17. The molecule has 1 aromatic rings. The van der Waals surface area contributed by atoms with E-state index >= 15 is 0 Å². The van der Waals surface area contributed by atoms with Crippen molar-refractivity contribution >= 4 is 17.3 Å². The first kappa shape index (κ1) is 21.2. The van der Waals surface area contributed by atoms with E-state index in [4.69, 9.17) is 0 Å². The van der Waals surface area contributed by atoms with Gasteiger partial charge >= 0.3 is 0 Å².